The number of aromatic nitrogens is 2. The first-order valence-electron chi connectivity index (χ1n) is 16.1. The maximum Gasteiger partial charge on any atom is 0.111 e. The van der Waals surface area contributed by atoms with Gasteiger partial charge in [-0.2, -0.15) is 0 Å². The van der Waals surface area contributed by atoms with Gasteiger partial charge in [-0.3, -0.25) is 4.57 Å². The van der Waals surface area contributed by atoms with Gasteiger partial charge in [-0.15, -0.1) is 0 Å². The average Bonchev–Trinajstić information content (AvgIpc) is 3.42. The van der Waals surface area contributed by atoms with Crippen molar-refractivity contribution in [3.63, 3.8) is 0 Å². The van der Waals surface area contributed by atoms with Crippen LogP contribution >= 0.6 is 0 Å². The summed E-state index contributed by atoms with van der Waals surface area (Å²) in [4.78, 5) is 5.05. The quantitative estimate of drug-likeness (QED) is 0.133. The van der Waals surface area contributed by atoms with Crippen LogP contribution in [0, 0.1) is 12.8 Å². The summed E-state index contributed by atoms with van der Waals surface area (Å²) < 4.78 is 2.27. The third-order valence-corrected chi connectivity index (χ3v) is 9.17. The first kappa shape index (κ1) is 29.3. The summed E-state index contributed by atoms with van der Waals surface area (Å²) in [5.74, 6) is 1.29. The summed E-state index contributed by atoms with van der Waals surface area (Å²) in [5, 5.41) is 5.07. The van der Waals surface area contributed by atoms with E-state index < -0.39 is 0 Å². The van der Waals surface area contributed by atoms with Gasteiger partial charge in [-0.25, -0.2) is 4.98 Å². The molecule has 1 aromatic heterocycles. The molecule has 1 aliphatic carbocycles. The highest BCUT2D eigenvalue weighted by molar-refractivity contribution is 6.14. The summed E-state index contributed by atoms with van der Waals surface area (Å²) in [6.45, 7) is 10.3. The van der Waals surface area contributed by atoms with Crippen LogP contribution in [0.4, 0.5) is 0 Å². The van der Waals surface area contributed by atoms with Crippen LogP contribution in [0.25, 0.3) is 55.0 Å². The van der Waals surface area contributed by atoms with E-state index in [-0.39, 0.29) is 0 Å². The van der Waals surface area contributed by atoms with Crippen LogP contribution in [-0.2, 0) is 0 Å². The van der Waals surface area contributed by atoms with Crippen LogP contribution in [0.5, 0.6) is 0 Å². The van der Waals surface area contributed by atoms with Gasteiger partial charge in [0.2, 0.25) is 0 Å². The Hall–Kier alpha value is -5.47. The van der Waals surface area contributed by atoms with E-state index in [4.69, 9.17) is 4.98 Å². The first-order chi connectivity index (χ1) is 22.6. The monoisotopic (exact) mass is 594 g/mol. The van der Waals surface area contributed by atoms with Gasteiger partial charge in [0, 0.05) is 11.6 Å². The average molecular weight is 595 g/mol. The second-order valence-electron chi connectivity index (χ2n) is 12.1. The highest BCUT2D eigenvalue weighted by Crippen LogP contribution is 2.37. The highest BCUT2D eigenvalue weighted by atomic mass is 15.1. The van der Waals surface area contributed by atoms with Gasteiger partial charge < -0.3 is 0 Å². The van der Waals surface area contributed by atoms with Gasteiger partial charge in [0.1, 0.15) is 5.82 Å². The minimum atomic E-state index is 0.312. The zero-order valence-corrected chi connectivity index (χ0v) is 26.7. The number of aryl methyl sites for hydroxylation is 1. The van der Waals surface area contributed by atoms with Gasteiger partial charge in [0.05, 0.1) is 11.0 Å². The molecular formula is C44H38N2. The minimum absolute atomic E-state index is 0.312. The Morgan fingerprint density at radius 3 is 2.41 bits per heavy atom. The lowest BCUT2D eigenvalue weighted by molar-refractivity contribution is 0.799. The molecule has 1 aliphatic rings. The molecule has 0 amide bonds. The van der Waals surface area contributed by atoms with E-state index in [1.165, 1.54) is 55.0 Å². The molecule has 1 heterocycles. The summed E-state index contributed by atoms with van der Waals surface area (Å²) in [6, 6.07) is 35.4. The fourth-order valence-corrected chi connectivity index (χ4v) is 6.98. The van der Waals surface area contributed by atoms with Crippen molar-refractivity contribution in [2.24, 2.45) is 5.92 Å². The topological polar surface area (TPSA) is 17.8 Å². The molecule has 0 saturated heterocycles. The molecule has 0 spiro atoms. The predicted octanol–water partition coefficient (Wildman–Crippen LogP) is 11.9. The molecular weight excluding hydrogens is 556 g/mol. The van der Waals surface area contributed by atoms with Crippen molar-refractivity contribution in [3.05, 3.63) is 175 Å². The van der Waals surface area contributed by atoms with Crippen LogP contribution in [0.3, 0.4) is 0 Å². The lowest BCUT2D eigenvalue weighted by atomic mass is 9.84. The summed E-state index contributed by atoms with van der Waals surface area (Å²) in [7, 11) is 0. The smallest absolute Gasteiger partial charge is 0.111 e. The fourth-order valence-electron chi connectivity index (χ4n) is 6.98. The molecule has 0 aliphatic heterocycles. The number of allylic oxidation sites excluding steroid dienone is 11. The second-order valence-corrected chi connectivity index (χ2v) is 12.1. The number of fused-ring (bicyclic) bond motifs is 4. The maximum absolute atomic E-state index is 5.05. The molecule has 1 unspecified atom stereocenters. The normalized spacial score (nSPS) is 16.2. The molecule has 0 bridgehead atoms. The van der Waals surface area contributed by atoms with Crippen molar-refractivity contribution >= 4 is 38.2 Å². The van der Waals surface area contributed by atoms with Crippen LogP contribution in [-0.4, -0.2) is 9.55 Å². The summed E-state index contributed by atoms with van der Waals surface area (Å²) >= 11 is 0. The first-order valence-corrected chi connectivity index (χ1v) is 16.1. The number of rotatable bonds is 7. The van der Waals surface area contributed by atoms with E-state index in [9.17, 15) is 0 Å². The van der Waals surface area contributed by atoms with Crippen molar-refractivity contribution in [2.75, 3.05) is 0 Å². The number of imidazole rings is 1. The molecule has 6 aromatic rings. The van der Waals surface area contributed by atoms with Crippen molar-refractivity contribution < 1.29 is 0 Å². The van der Waals surface area contributed by atoms with E-state index in [1.54, 1.807) is 0 Å². The second kappa shape index (κ2) is 12.5. The van der Waals surface area contributed by atoms with E-state index >= 15 is 0 Å². The Morgan fingerprint density at radius 2 is 1.63 bits per heavy atom. The molecule has 7 rings (SSSR count). The maximum atomic E-state index is 5.05. The summed E-state index contributed by atoms with van der Waals surface area (Å²) in [5.41, 5.74) is 10.8. The van der Waals surface area contributed by atoms with Crippen molar-refractivity contribution in [3.8, 4) is 16.8 Å². The third kappa shape index (κ3) is 5.37. The molecule has 0 N–H and O–H groups in total. The van der Waals surface area contributed by atoms with Gasteiger partial charge >= 0.3 is 0 Å². The van der Waals surface area contributed by atoms with E-state index in [0.717, 1.165) is 29.0 Å². The van der Waals surface area contributed by atoms with Crippen LogP contribution in [0.2, 0.25) is 0 Å². The number of hydrogen-bond donors (Lipinski definition) is 0. The third-order valence-electron chi connectivity index (χ3n) is 9.17. The Morgan fingerprint density at radius 1 is 0.870 bits per heavy atom. The zero-order chi connectivity index (χ0) is 31.6. The summed E-state index contributed by atoms with van der Waals surface area (Å²) in [6.07, 6.45) is 18.0. The lowest BCUT2D eigenvalue weighted by Crippen LogP contribution is -2.05. The van der Waals surface area contributed by atoms with Crippen LogP contribution < -0.4 is 0 Å². The molecule has 0 saturated carbocycles. The molecule has 5 aromatic carbocycles. The van der Waals surface area contributed by atoms with E-state index in [1.807, 2.05) is 6.08 Å². The molecule has 1 atom stereocenters. The number of hydrogen-bond acceptors (Lipinski definition) is 1. The van der Waals surface area contributed by atoms with Crippen LogP contribution in [0.1, 0.15) is 31.7 Å². The van der Waals surface area contributed by atoms with Gasteiger partial charge in [-0.1, -0.05) is 122 Å². The fraction of sp³-hybridized carbons (Fsp3) is 0.114. The highest BCUT2D eigenvalue weighted by Gasteiger charge is 2.17. The standard InChI is InChI=1S/C44H38N2/c1-5-13-30(3)41(27-34-16-8-7-15-32(34)14-6-2)33-21-24-37(25-22-33)46-31(4)45-43-29-36(23-26-44(43)46)42-28-35-17-9-10-18-38(35)39-19-11-12-20-40(39)42/h5-26,28-29,34H,2,27H2,1,3-4H3/b13-5-,32-14+,41-30-. The van der Waals surface area contributed by atoms with Gasteiger partial charge in [0.25, 0.3) is 0 Å². The van der Waals surface area contributed by atoms with Crippen molar-refractivity contribution in [2.45, 2.75) is 27.2 Å². The predicted molar refractivity (Wildman–Crippen MR) is 198 cm³/mol. The molecule has 2 heteroatoms. The Balaban J connectivity index is 1.26. The van der Waals surface area contributed by atoms with E-state index in [0.29, 0.717) is 5.92 Å². The Bertz CT molecular complexity index is 2270. The minimum Gasteiger partial charge on any atom is -0.297 e. The molecule has 0 radical (unpaired) electrons. The number of nitrogens with zero attached hydrogens (tertiary/aromatic N) is 2. The lowest BCUT2D eigenvalue weighted by Gasteiger charge is -2.21. The zero-order valence-electron chi connectivity index (χ0n) is 26.7. The Kier molecular flexibility index (Phi) is 7.95. The van der Waals surface area contributed by atoms with Gasteiger partial charge in [-0.05, 0) is 112 Å². The van der Waals surface area contributed by atoms with E-state index in [2.05, 4.69) is 172 Å². The SMILES string of the molecule is C=C/C=C1\C=CC=CC1C/C(=C(C)/C=C\C)c1ccc(-n2c(C)nc3cc(-c4cc5ccccc5c5ccccc45)ccc32)cc1. The Labute approximate surface area is 271 Å². The molecule has 0 fully saturated rings. The molecule has 224 valence electrons. The van der Waals surface area contributed by atoms with Crippen molar-refractivity contribution in [1.82, 2.24) is 9.55 Å². The molecule has 46 heavy (non-hydrogen) atoms. The largest absolute Gasteiger partial charge is 0.297 e. The van der Waals surface area contributed by atoms with Crippen LogP contribution in [0.15, 0.2) is 163 Å². The van der Waals surface area contributed by atoms with Crippen molar-refractivity contribution in [1.29, 1.82) is 0 Å². The van der Waals surface area contributed by atoms with Gasteiger partial charge in [0.15, 0.2) is 0 Å². The molecule has 2 nitrogen and oxygen atoms in total. The number of benzene rings is 5.